The van der Waals surface area contributed by atoms with Gasteiger partial charge in [0, 0.05) is 18.7 Å². The lowest BCUT2D eigenvalue weighted by Crippen LogP contribution is -2.35. The number of aliphatic carboxylic acids is 1. The van der Waals surface area contributed by atoms with Gasteiger partial charge >= 0.3 is 5.97 Å². The molecule has 1 aromatic carbocycles. The molecule has 1 aliphatic heterocycles. The number of anilines is 1. The summed E-state index contributed by atoms with van der Waals surface area (Å²) in [5.41, 5.74) is 0.483. The predicted molar refractivity (Wildman–Crippen MR) is 85.0 cm³/mol. The Hall–Kier alpha value is -1.95. The summed E-state index contributed by atoms with van der Waals surface area (Å²) in [6, 6.07) is 9.97. The second kappa shape index (κ2) is 5.05. The highest BCUT2D eigenvalue weighted by atomic mass is 32.1. The van der Waals surface area contributed by atoms with Crippen molar-refractivity contribution in [3.8, 4) is 10.6 Å². The van der Waals surface area contributed by atoms with Gasteiger partial charge in [-0.15, -0.1) is 10.2 Å². The maximum absolute atomic E-state index is 11.7. The van der Waals surface area contributed by atoms with Crippen molar-refractivity contribution in [3.63, 3.8) is 0 Å². The standard InChI is InChI=1S/C16H17N3O2S/c20-14(21)16-8-4-7-12(16)9-19(10-16)15-18-17-13(22-15)11-5-2-1-3-6-11/h1-3,5-6,12H,4,7-10H2,(H,20,21)/t12-,16+/m0/s1. The Labute approximate surface area is 132 Å². The van der Waals surface area contributed by atoms with Crippen LogP contribution >= 0.6 is 11.3 Å². The molecule has 6 heteroatoms. The van der Waals surface area contributed by atoms with E-state index < -0.39 is 11.4 Å². The Morgan fingerprint density at radius 1 is 1.32 bits per heavy atom. The molecule has 1 aromatic heterocycles. The van der Waals surface area contributed by atoms with Crippen LogP contribution in [0.2, 0.25) is 0 Å². The molecule has 1 saturated carbocycles. The van der Waals surface area contributed by atoms with Crippen LogP contribution in [-0.4, -0.2) is 34.4 Å². The van der Waals surface area contributed by atoms with Gasteiger partial charge in [-0.05, 0) is 18.8 Å². The van der Waals surface area contributed by atoms with Crippen LogP contribution in [0.3, 0.4) is 0 Å². The number of rotatable bonds is 3. The van der Waals surface area contributed by atoms with Crippen LogP contribution in [0, 0.1) is 11.3 Å². The Kier molecular flexibility index (Phi) is 3.14. The number of aromatic nitrogens is 2. The summed E-state index contributed by atoms with van der Waals surface area (Å²) >= 11 is 1.54. The summed E-state index contributed by atoms with van der Waals surface area (Å²) in [6.45, 7) is 1.35. The first kappa shape index (κ1) is 13.7. The van der Waals surface area contributed by atoms with E-state index in [0.717, 1.165) is 41.5 Å². The minimum Gasteiger partial charge on any atom is -0.481 e. The molecule has 1 N–H and O–H groups in total. The Morgan fingerprint density at radius 2 is 2.14 bits per heavy atom. The van der Waals surface area contributed by atoms with Gasteiger partial charge in [-0.3, -0.25) is 4.79 Å². The van der Waals surface area contributed by atoms with E-state index in [0.29, 0.717) is 6.54 Å². The lowest BCUT2D eigenvalue weighted by molar-refractivity contribution is -0.149. The summed E-state index contributed by atoms with van der Waals surface area (Å²) < 4.78 is 0. The SMILES string of the molecule is O=C(O)[C@@]12CCC[C@H]1CN(c1nnc(-c3ccccc3)s1)C2. The van der Waals surface area contributed by atoms with Crippen LogP contribution in [-0.2, 0) is 4.79 Å². The van der Waals surface area contributed by atoms with E-state index in [4.69, 9.17) is 0 Å². The normalized spacial score (nSPS) is 27.1. The molecular formula is C16H17N3O2S. The third-order valence-electron chi connectivity index (χ3n) is 5.00. The molecule has 0 amide bonds. The number of carboxylic acids is 1. The van der Waals surface area contributed by atoms with E-state index in [9.17, 15) is 9.90 Å². The van der Waals surface area contributed by atoms with Crippen molar-refractivity contribution in [1.82, 2.24) is 10.2 Å². The third-order valence-corrected chi connectivity index (χ3v) is 6.04. The summed E-state index contributed by atoms with van der Waals surface area (Å²) in [4.78, 5) is 13.9. The molecule has 2 aliphatic rings. The number of benzene rings is 1. The van der Waals surface area contributed by atoms with E-state index in [1.165, 1.54) is 0 Å². The summed E-state index contributed by atoms with van der Waals surface area (Å²) in [5, 5.41) is 20.0. The van der Waals surface area contributed by atoms with Gasteiger partial charge in [-0.25, -0.2) is 0 Å². The number of carboxylic acid groups (broad SMARTS) is 1. The molecule has 0 bridgehead atoms. The number of hydrogen-bond donors (Lipinski definition) is 1. The quantitative estimate of drug-likeness (QED) is 0.943. The fourth-order valence-corrected chi connectivity index (χ4v) is 4.68. The first-order valence-electron chi connectivity index (χ1n) is 7.56. The van der Waals surface area contributed by atoms with Crippen LogP contribution in [0.5, 0.6) is 0 Å². The van der Waals surface area contributed by atoms with E-state index in [1.54, 1.807) is 11.3 Å². The van der Waals surface area contributed by atoms with Crippen LogP contribution in [0.25, 0.3) is 10.6 Å². The van der Waals surface area contributed by atoms with Gasteiger partial charge < -0.3 is 10.0 Å². The summed E-state index contributed by atoms with van der Waals surface area (Å²) in [6.07, 6.45) is 2.82. The van der Waals surface area contributed by atoms with Crippen molar-refractivity contribution < 1.29 is 9.90 Å². The van der Waals surface area contributed by atoms with Crippen LogP contribution < -0.4 is 4.90 Å². The van der Waals surface area contributed by atoms with Crippen molar-refractivity contribution in [3.05, 3.63) is 30.3 Å². The maximum atomic E-state index is 11.7. The zero-order chi connectivity index (χ0) is 15.2. The van der Waals surface area contributed by atoms with Gasteiger partial charge in [0.2, 0.25) is 5.13 Å². The molecule has 1 aliphatic carbocycles. The lowest BCUT2D eigenvalue weighted by Gasteiger charge is -2.22. The minimum absolute atomic E-state index is 0.245. The van der Waals surface area contributed by atoms with Crippen molar-refractivity contribution in [2.24, 2.45) is 11.3 Å². The van der Waals surface area contributed by atoms with E-state index in [2.05, 4.69) is 15.1 Å². The van der Waals surface area contributed by atoms with E-state index >= 15 is 0 Å². The smallest absolute Gasteiger partial charge is 0.311 e. The molecular weight excluding hydrogens is 298 g/mol. The van der Waals surface area contributed by atoms with Gasteiger partial charge in [0.15, 0.2) is 0 Å². The van der Waals surface area contributed by atoms with Gasteiger partial charge in [-0.1, -0.05) is 48.1 Å². The fourth-order valence-electron chi connectivity index (χ4n) is 3.83. The molecule has 2 heterocycles. The highest BCUT2D eigenvalue weighted by Gasteiger charge is 2.55. The molecule has 22 heavy (non-hydrogen) atoms. The molecule has 4 rings (SSSR count). The molecule has 0 spiro atoms. The van der Waals surface area contributed by atoms with Gasteiger partial charge in [0.1, 0.15) is 5.01 Å². The Morgan fingerprint density at radius 3 is 2.86 bits per heavy atom. The highest BCUT2D eigenvalue weighted by Crippen LogP contribution is 2.50. The zero-order valence-corrected chi connectivity index (χ0v) is 12.9. The molecule has 114 valence electrons. The van der Waals surface area contributed by atoms with E-state index in [-0.39, 0.29) is 5.92 Å². The minimum atomic E-state index is -0.648. The van der Waals surface area contributed by atoms with Crippen molar-refractivity contribution in [2.45, 2.75) is 19.3 Å². The Balaban J connectivity index is 1.60. The topological polar surface area (TPSA) is 66.3 Å². The van der Waals surface area contributed by atoms with Crippen molar-refractivity contribution in [1.29, 1.82) is 0 Å². The second-order valence-corrected chi connectivity index (χ2v) is 7.14. The summed E-state index contributed by atoms with van der Waals surface area (Å²) in [7, 11) is 0. The monoisotopic (exact) mass is 315 g/mol. The van der Waals surface area contributed by atoms with E-state index in [1.807, 2.05) is 30.3 Å². The van der Waals surface area contributed by atoms with Gasteiger partial charge in [0.05, 0.1) is 5.41 Å². The largest absolute Gasteiger partial charge is 0.481 e. The average molecular weight is 315 g/mol. The molecule has 0 radical (unpaired) electrons. The van der Waals surface area contributed by atoms with Crippen LogP contribution in [0.15, 0.2) is 30.3 Å². The zero-order valence-electron chi connectivity index (χ0n) is 12.1. The van der Waals surface area contributed by atoms with Crippen molar-refractivity contribution >= 4 is 22.4 Å². The van der Waals surface area contributed by atoms with Crippen LogP contribution in [0.1, 0.15) is 19.3 Å². The number of hydrogen-bond acceptors (Lipinski definition) is 5. The van der Waals surface area contributed by atoms with Crippen LogP contribution in [0.4, 0.5) is 5.13 Å². The molecule has 2 aromatic rings. The lowest BCUT2D eigenvalue weighted by atomic mass is 9.81. The number of fused-ring (bicyclic) bond motifs is 1. The molecule has 5 nitrogen and oxygen atoms in total. The third kappa shape index (κ3) is 2.01. The van der Waals surface area contributed by atoms with Gasteiger partial charge in [0.25, 0.3) is 0 Å². The molecule has 2 fully saturated rings. The predicted octanol–water partition coefficient (Wildman–Crippen LogP) is 2.90. The molecule has 0 unspecified atom stereocenters. The second-order valence-electron chi connectivity index (χ2n) is 6.19. The fraction of sp³-hybridized carbons (Fsp3) is 0.438. The average Bonchev–Trinajstić information content (AvgIpc) is 3.21. The first-order chi connectivity index (χ1) is 10.7. The van der Waals surface area contributed by atoms with Gasteiger partial charge in [-0.2, -0.15) is 0 Å². The van der Waals surface area contributed by atoms with Crippen molar-refractivity contribution in [2.75, 3.05) is 18.0 Å². The number of carbonyl (C=O) groups is 1. The molecule has 1 saturated heterocycles. The molecule has 2 atom stereocenters. The highest BCUT2D eigenvalue weighted by molar-refractivity contribution is 7.18. The number of nitrogens with zero attached hydrogens (tertiary/aromatic N) is 3. The maximum Gasteiger partial charge on any atom is 0.311 e. The first-order valence-corrected chi connectivity index (χ1v) is 8.38. The summed E-state index contributed by atoms with van der Waals surface area (Å²) in [5.74, 6) is -0.403. The Bertz CT molecular complexity index is 702.